The standard InChI is InChI=1S/C12H17N3O6/c1-6(2)14-5-8(15(20)21)4-9(14)11(17)13-10(7(3)16)12(18)19/h4-7,10,16H,1-3H3,(H,13,17)(H,18,19)/t7-,10+/m1/s1. The van der Waals surface area contributed by atoms with Crippen LogP contribution in [0.15, 0.2) is 12.3 Å². The molecule has 0 aromatic carbocycles. The third kappa shape index (κ3) is 3.78. The van der Waals surface area contributed by atoms with Gasteiger partial charge in [-0.3, -0.25) is 14.9 Å². The number of carbonyl (C=O) groups is 2. The Morgan fingerprint density at radius 3 is 2.33 bits per heavy atom. The van der Waals surface area contributed by atoms with Gasteiger partial charge in [-0.1, -0.05) is 0 Å². The van der Waals surface area contributed by atoms with Crippen molar-refractivity contribution in [3.63, 3.8) is 0 Å². The number of nitro groups is 1. The number of nitrogens with one attached hydrogen (secondary N) is 1. The van der Waals surface area contributed by atoms with E-state index in [4.69, 9.17) is 5.11 Å². The van der Waals surface area contributed by atoms with Gasteiger partial charge in [0.25, 0.3) is 11.6 Å². The fourth-order valence-corrected chi connectivity index (χ4v) is 1.78. The first kappa shape index (κ1) is 16.6. The van der Waals surface area contributed by atoms with Gasteiger partial charge in [0.2, 0.25) is 0 Å². The summed E-state index contributed by atoms with van der Waals surface area (Å²) in [4.78, 5) is 33.2. The smallest absolute Gasteiger partial charge is 0.328 e. The number of carboxylic acids is 1. The number of nitrogens with zero attached hydrogens (tertiary/aromatic N) is 2. The molecule has 0 radical (unpaired) electrons. The lowest BCUT2D eigenvalue weighted by Crippen LogP contribution is -2.48. The predicted molar refractivity (Wildman–Crippen MR) is 72.0 cm³/mol. The molecule has 1 rings (SSSR count). The van der Waals surface area contributed by atoms with Crippen molar-refractivity contribution >= 4 is 17.6 Å². The summed E-state index contributed by atoms with van der Waals surface area (Å²) in [5.74, 6) is -2.19. The van der Waals surface area contributed by atoms with E-state index in [-0.39, 0.29) is 17.4 Å². The Labute approximate surface area is 120 Å². The molecular formula is C12H17N3O6. The molecular weight excluding hydrogens is 282 g/mol. The second-order valence-corrected chi connectivity index (χ2v) is 4.87. The molecule has 0 aliphatic rings. The normalized spacial score (nSPS) is 13.8. The molecule has 1 aromatic rings. The zero-order valence-electron chi connectivity index (χ0n) is 11.8. The van der Waals surface area contributed by atoms with E-state index in [1.165, 1.54) is 17.7 Å². The van der Waals surface area contributed by atoms with Gasteiger partial charge in [0, 0.05) is 12.1 Å². The molecule has 1 amide bonds. The van der Waals surface area contributed by atoms with Gasteiger partial charge in [0.1, 0.15) is 5.69 Å². The summed E-state index contributed by atoms with van der Waals surface area (Å²) in [7, 11) is 0. The zero-order valence-corrected chi connectivity index (χ0v) is 11.8. The van der Waals surface area contributed by atoms with E-state index in [2.05, 4.69) is 5.32 Å². The van der Waals surface area contributed by atoms with Crippen molar-refractivity contribution in [2.75, 3.05) is 0 Å². The number of rotatable bonds is 6. The number of amides is 1. The number of hydrogen-bond acceptors (Lipinski definition) is 5. The number of aromatic nitrogens is 1. The minimum Gasteiger partial charge on any atom is -0.480 e. The topological polar surface area (TPSA) is 135 Å². The van der Waals surface area contributed by atoms with Crippen molar-refractivity contribution in [3.8, 4) is 0 Å². The highest BCUT2D eigenvalue weighted by atomic mass is 16.6. The fraction of sp³-hybridized carbons (Fsp3) is 0.500. The van der Waals surface area contributed by atoms with Gasteiger partial charge >= 0.3 is 5.97 Å². The van der Waals surface area contributed by atoms with E-state index in [1.807, 2.05) is 0 Å². The highest BCUT2D eigenvalue weighted by molar-refractivity contribution is 5.96. The Balaban J connectivity index is 3.11. The first-order chi connectivity index (χ1) is 9.65. The number of aliphatic hydroxyl groups is 1. The number of aliphatic hydroxyl groups excluding tert-OH is 1. The molecule has 0 bridgehead atoms. The molecule has 0 saturated carbocycles. The summed E-state index contributed by atoms with van der Waals surface area (Å²) in [5.41, 5.74) is -0.304. The summed E-state index contributed by atoms with van der Waals surface area (Å²) in [6.07, 6.45) is -0.0959. The summed E-state index contributed by atoms with van der Waals surface area (Å²) in [6.45, 7) is 4.68. The van der Waals surface area contributed by atoms with E-state index in [0.717, 1.165) is 6.07 Å². The second kappa shape index (κ2) is 6.35. The molecule has 21 heavy (non-hydrogen) atoms. The van der Waals surface area contributed by atoms with Crippen LogP contribution in [0.25, 0.3) is 0 Å². The highest BCUT2D eigenvalue weighted by Crippen LogP contribution is 2.20. The molecule has 0 spiro atoms. The predicted octanol–water partition coefficient (Wildman–Crippen LogP) is 0.541. The third-order valence-corrected chi connectivity index (χ3v) is 2.87. The molecule has 116 valence electrons. The van der Waals surface area contributed by atoms with Crippen LogP contribution in [0.2, 0.25) is 0 Å². The van der Waals surface area contributed by atoms with Gasteiger partial charge in [-0.05, 0) is 20.8 Å². The lowest BCUT2D eigenvalue weighted by Gasteiger charge is -2.18. The minimum atomic E-state index is -1.49. The minimum absolute atomic E-state index is 0.0383. The van der Waals surface area contributed by atoms with Crippen molar-refractivity contribution in [1.29, 1.82) is 0 Å². The number of hydrogen-bond donors (Lipinski definition) is 3. The van der Waals surface area contributed by atoms with Gasteiger partial charge in [0.05, 0.1) is 17.2 Å². The van der Waals surface area contributed by atoms with Gasteiger partial charge < -0.3 is 20.1 Å². The summed E-state index contributed by atoms with van der Waals surface area (Å²) in [5, 5.41) is 31.2. The molecule has 0 aliphatic carbocycles. The Morgan fingerprint density at radius 2 is 1.95 bits per heavy atom. The van der Waals surface area contributed by atoms with E-state index in [0.29, 0.717) is 0 Å². The van der Waals surface area contributed by atoms with Crippen LogP contribution in [0.5, 0.6) is 0 Å². The molecule has 0 saturated heterocycles. The summed E-state index contributed by atoms with van der Waals surface area (Å²) in [6, 6.07) is -0.655. The Morgan fingerprint density at radius 1 is 1.38 bits per heavy atom. The molecule has 1 heterocycles. The van der Waals surface area contributed by atoms with Crippen molar-refractivity contribution < 1.29 is 24.7 Å². The Kier molecular flexibility index (Phi) is 5.03. The summed E-state index contributed by atoms with van der Waals surface area (Å²) >= 11 is 0. The SMILES string of the molecule is CC(C)n1cc([N+](=O)[O-])cc1C(=O)N[C@H](C(=O)O)[C@@H](C)O. The molecule has 0 fully saturated rings. The molecule has 9 heteroatoms. The zero-order chi connectivity index (χ0) is 16.3. The Hall–Kier alpha value is -2.42. The molecule has 2 atom stereocenters. The molecule has 9 nitrogen and oxygen atoms in total. The lowest BCUT2D eigenvalue weighted by atomic mass is 10.2. The first-order valence-corrected chi connectivity index (χ1v) is 6.23. The largest absolute Gasteiger partial charge is 0.480 e. The number of carboxylic acid groups (broad SMARTS) is 1. The van der Waals surface area contributed by atoms with E-state index < -0.39 is 28.9 Å². The lowest BCUT2D eigenvalue weighted by molar-refractivity contribution is -0.384. The maximum atomic E-state index is 12.1. The van der Waals surface area contributed by atoms with Gasteiger partial charge in [-0.15, -0.1) is 0 Å². The molecule has 3 N–H and O–H groups in total. The van der Waals surface area contributed by atoms with Crippen LogP contribution in [0.3, 0.4) is 0 Å². The van der Waals surface area contributed by atoms with Gasteiger partial charge in [-0.2, -0.15) is 0 Å². The van der Waals surface area contributed by atoms with Crippen LogP contribution in [0.1, 0.15) is 37.3 Å². The monoisotopic (exact) mass is 299 g/mol. The average Bonchev–Trinajstić information content (AvgIpc) is 2.80. The van der Waals surface area contributed by atoms with Gasteiger partial charge in [-0.25, -0.2) is 4.79 Å². The van der Waals surface area contributed by atoms with Crippen LogP contribution < -0.4 is 5.32 Å². The summed E-state index contributed by atoms with van der Waals surface area (Å²) < 4.78 is 1.37. The van der Waals surface area contributed by atoms with Gasteiger partial charge in [0.15, 0.2) is 6.04 Å². The van der Waals surface area contributed by atoms with E-state index in [9.17, 15) is 24.8 Å². The van der Waals surface area contributed by atoms with Crippen molar-refractivity contribution in [2.24, 2.45) is 0 Å². The van der Waals surface area contributed by atoms with Crippen molar-refractivity contribution in [2.45, 2.75) is 39.0 Å². The van der Waals surface area contributed by atoms with Crippen molar-refractivity contribution in [1.82, 2.24) is 9.88 Å². The van der Waals surface area contributed by atoms with Crippen LogP contribution >= 0.6 is 0 Å². The van der Waals surface area contributed by atoms with Crippen LogP contribution in [0, 0.1) is 10.1 Å². The second-order valence-electron chi connectivity index (χ2n) is 4.87. The third-order valence-electron chi connectivity index (χ3n) is 2.87. The highest BCUT2D eigenvalue weighted by Gasteiger charge is 2.28. The van der Waals surface area contributed by atoms with Crippen LogP contribution in [-0.4, -0.2) is 43.7 Å². The Bertz CT molecular complexity index is 563. The first-order valence-electron chi connectivity index (χ1n) is 6.23. The van der Waals surface area contributed by atoms with Crippen LogP contribution in [0.4, 0.5) is 5.69 Å². The molecule has 0 unspecified atom stereocenters. The molecule has 0 aliphatic heterocycles. The molecule has 1 aromatic heterocycles. The van der Waals surface area contributed by atoms with Crippen molar-refractivity contribution in [3.05, 3.63) is 28.1 Å². The number of aliphatic carboxylic acids is 1. The fourth-order valence-electron chi connectivity index (χ4n) is 1.78. The van der Waals surface area contributed by atoms with E-state index in [1.54, 1.807) is 13.8 Å². The quantitative estimate of drug-likeness (QED) is 0.518. The van der Waals surface area contributed by atoms with Crippen LogP contribution in [-0.2, 0) is 4.79 Å². The van der Waals surface area contributed by atoms with E-state index >= 15 is 0 Å². The maximum Gasteiger partial charge on any atom is 0.328 e. The maximum absolute atomic E-state index is 12.1. The number of carbonyl (C=O) groups excluding carboxylic acids is 1. The average molecular weight is 299 g/mol.